The Bertz CT molecular complexity index is 400. The molecule has 2 rings (SSSR count). The summed E-state index contributed by atoms with van der Waals surface area (Å²) in [4.78, 5) is 17.2. The topological polar surface area (TPSA) is 71.2 Å². The summed E-state index contributed by atoms with van der Waals surface area (Å²) < 4.78 is 0. The quantitative estimate of drug-likeness (QED) is 0.743. The van der Waals surface area contributed by atoms with Crippen molar-refractivity contribution < 1.29 is 4.79 Å². The van der Waals surface area contributed by atoms with E-state index >= 15 is 0 Å². The Balaban J connectivity index is 1.93. The van der Waals surface area contributed by atoms with Crippen LogP contribution in [-0.4, -0.2) is 30.0 Å². The zero-order valence-corrected chi connectivity index (χ0v) is 10.7. The highest BCUT2D eigenvalue weighted by atomic mass is 16.1. The molecule has 0 unspecified atom stereocenters. The van der Waals surface area contributed by atoms with Crippen LogP contribution in [0.5, 0.6) is 0 Å². The molecular formula is C13H20N4O. The number of nitrogens with two attached hydrogens (primary N) is 1. The average molecular weight is 248 g/mol. The number of carbonyl (C=O) groups is 1. The fraction of sp³-hybridized carbons (Fsp3) is 0.538. The molecule has 0 aromatic carbocycles. The van der Waals surface area contributed by atoms with Crippen LogP contribution in [-0.2, 0) is 11.3 Å². The minimum Gasteiger partial charge on any atom is -0.368 e. The SMILES string of the molecule is CCN(CC(N)=O)c1ccc(CNC2CC2)cn1. The fourth-order valence-electron chi connectivity index (χ4n) is 1.80. The maximum absolute atomic E-state index is 10.9. The number of anilines is 1. The van der Waals surface area contributed by atoms with Crippen molar-refractivity contribution >= 4 is 11.7 Å². The molecule has 0 aliphatic heterocycles. The van der Waals surface area contributed by atoms with Gasteiger partial charge in [-0.3, -0.25) is 4.79 Å². The van der Waals surface area contributed by atoms with E-state index in [2.05, 4.69) is 10.3 Å². The summed E-state index contributed by atoms with van der Waals surface area (Å²) in [5.74, 6) is 0.463. The van der Waals surface area contributed by atoms with Crippen LogP contribution < -0.4 is 16.0 Å². The van der Waals surface area contributed by atoms with Crippen molar-refractivity contribution in [2.45, 2.75) is 32.4 Å². The zero-order valence-electron chi connectivity index (χ0n) is 10.7. The Morgan fingerprint density at radius 1 is 1.56 bits per heavy atom. The lowest BCUT2D eigenvalue weighted by molar-refractivity contribution is -0.116. The molecule has 0 saturated heterocycles. The average Bonchev–Trinajstić information content (AvgIpc) is 3.18. The number of rotatable bonds is 7. The van der Waals surface area contributed by atoms with Crippen molar-refractivity contribution in [2.24, 2.45) is 5.73 Å². The normalized spacial score (nSPS) is 14.5. The van der Waals surface area contributed by atoms with E-state index in [9.17, 15) is 4.79 Å². The predicted molar refractivity (Wildman–Crippen MR) is 71.2 cm³/mol. The number of nitrogens with zero attached hydrogens (tertiary/aromatic N) is 2. The fourth-order valence-corrected chi connectivity index (χ4v) is 1.80. The largest absolute Gasteiger partial charge is 0.368 e. The molecule has 1 saturated carbocycles. The molecule has 18 heavy (non-hydrogen) atoms. The van der Waals surface area contributed by atoms with Gasteiger partial charge in [0.25, 0.3) is 0 Å². The van der Waals surface area contributed by atoms with E-state index in [1.807, 2.05) is 30.2 Å². The number of hydrogen-bond acceptors (Lipinski definition) is 4. The smallest absolute Gasteiger partial charge is 0.236 e. The standard InChI is InChI=1S/C13H20N4O/c1-2-17(9-12(14)18)13-6-3-10(8-16-13)7-15-11-4-5-11/h3,6,8,11,15H,2,4-5,7,9H2,1H3,(H2,14,18). The second-order valence-corrected chi connectivity index (χ2v) is 4.66. The summed E-state index contributed by atoms with van der Waals surface area (Å²) >= 11 is 0. The van der Waals surface area contributed by atoms with Crippen LogP contribution in [0, 0.1) is 0 Å². The molecule has 5 heteroatoms. The Morgan fingerprint density at radius 2 is 2.33 bits per heavy atom. The first-order valence-corrected chi connectivity index (χ1v) is 6.40. The lowest BCUT2D eigenvalue weighted by Gasteiger charge is -2.20. The summed E-state index contributed by atoms with van der Waals surface area (Å²) in [7, 11) is 0. The van der Waals surface area contributed by atoms with Gasteiger partial charge in [0, 0.05) is 25.3 Å². The molecule has 1 fully saturated rings. The third-order valence-electron chi connectivity index (χ3n) is 3.03. The number of amides is 1. The van der Waals surface area contributed by atoms with Crippen LogP contribution in [0.4, 0.5) is 5.82 Å². The van der Waals surface area contributed by atoms with E-state index in [4.69, 9.17) is 5.73 Å². The molecule has 1 aliphatic rings. The van der Waals surface area contributed by atoms with Crippen LogP contribution in [0.15, 0.2) is 18.3 Å². The van der Waals surface area contributed by atoms with Gasteiger partial charge in [0.2, 0.25) is 5.91 Å². The molecule has 0 atom stereocenters. The second kappa shape index (κ2) is 5.82. The van der Waals surface area contributed by atoms with Crippen LogP contribution in [0.25, 0.3) is 0 Å². The minimum absolute atomic E-state index is 0.211. The first-order valence-electron chi connectivity index (χ1n) is 6.40. The number of nitrogens with one attached hydrogen (secondary N) is 1. The highest BCUT2D eigenvalue weighted by molar-refractivity contribution is 5.79. The molecule has 1 heterocycles. The minimum atomic E-state index is -0.335. The van der Waals surface area contributed by atoms with E-state index in [0.29, 0.717) is 6.04 Å². The number of likely N-dealkylation sites (N-methyl/N-ethyl adjacent to an activating group) is 1. The van der Waals surface area contributed by atoms with Gasteiger partial charge < -0.3 is 16.0 Å². The Hall–Kier alpha value is -1.62. The van der Waals surface area contributed by atoms with E-state index in [1.165, 1.54) is 18.4 Å². The molecule has 1 aliphatic carbocycles. The number of primary amides is 1. The van der Waals surface area contributed by atoms with Gasteiger partial charge >= 0.3 is 0 Å². The molecule has 0 radical (unpaired) electrons. The van der Waals surface area contributed by atoms with Crippen LogP contribution in [0.1, 0.15) is 25.3 Å². The lowest BCUT2D eigenvalue weighted by atomic mass is 10.2. The monoisotopic (exact) mass is 248 g/mol. The van der Waals surface area contributed by atoms with Crippen LogP contribution >= 0.6 is 0 Å². The maximum atomic E-state index is 10.9. The third-order valence-corrected chi connectivity index (χ3v) is 3.03. The van der Waals surface area contributed by atoms with E-state index in [-0.39, 0.29) is 12.5 Å². The van der Waals surface area contributed by atoms with Gasteiger partial charge in [0.05, 0.1) is 6.54 Å². The first kappa shape index (κ1) is 12.8. The van der Waals surface area contributed by atoms with Gasteiger partial charge in [-0.25, -0.2) is 4.98 Å². The van der Waals surface area contributed by atoms with E-state index < -0.39 is 0 Å². The van der Waals surface area contributed by atoms with Crippen molar-refractivity contribution in [2.75, 3.05) is 18.0 Å². The number of pyridine rings is 1. The summed E-state index contributed by atoms with van der Waals surface area (Å²) in [6, 6.07) is 4.68. The molecule has 3 N–H and O–H groups in total. The Labute approximate surface area is 107 Å². The number of aromatic nitrogens is 1. The molecular weight excluding hydrogens is 228 g/mol. The Morgan fingerprint density at radius 3 is 2.83 bits per heavy atom. The number of carbonyl (C=O) groups excluding carboxylic acids is 1. The first-order chi connectivity index (χ1) is 8.69. The molecule has 1 aromatic rings. The van der Waals surface area contributed by atoms with Crippen molar-refractivity contribution in [1.82, 2.24) is 10.3 Å². The molecule has 5 nitrogen and oxygen atoms in total. The van der Waals surface area contributed by atoms with Crippen molar-refractivity contribution in [3.8, 4) is 0 Å². The predicted octanol–water partition coefficient (Wildman–Crippen LogP) is 0.645. The second-order valence-electron chi connectivity index (χ2n) is 4.66. The van der Waals surface area contributed by atoms with Crippen LogP contribution in [0.3, 0.4) is 0 Å². The Kier molecular flexibility index (Phi) is 4.15. The number of hydrogen-bond donors (Lipinski definition) is 2. The maximum Gasteiger partial charge on any atom is 0.236 e. The third kappa shape index (κ3) is 3.70. The van der Waals surface area contributed by atoms with E-state index in [0.717, 1.165) is 18.9 Å². The molecule has 0 bridgehead atoms. The summed E-state index contributed by atoms with van der Waals surface area (Å²) in [5, 5.41) is 3.44. The van der Waals surface area contributed by atoms with Gasteiger partial charge in [0.1, 0.15) is 5.82 Å². The van der Waals surface area contributed by atoms with Gasteiger partial charge in [-0.05, 0) is 31.4 Å². The molecule has 1 amide bonds. The van der Waals surface area contributed by atoms with Crippen molar-refractivity contribution in [3.05, 3.63) is 23.9 Å². The van der Waals surface area contributed by atoms with Gasteiger partial charge in [-0.1, -0.05) is 6.07 Å². The molecule has 1 aromatic heterocycles. The highest BCUT2D eigenvalue weighted by Crippen LogP contribution is 2.19. The van der Waals surface area contributed by atoms with Gasteiger partial charge in [0.15, 0.2) is 0 Å². The van der Waals surface area contributed by atoms with Gasteiger partial charge in [-0.15, -0.1) is 0 Å². The van der Waals surface area contributed by atoms with Gasteiger partial charge in [-0.2, -0.15) is 0 Å². The molecule has 0 spiro atoms. The molecule has 98 valence electrons. The zero-order chi connectivity index (χ0) is 13.0. The van der Waals surface area contributed by atoms with Crippen molar-refractivity contribution in [3.63, 3.8) is 0 Å². The summed E-state index contributed by atoms with van der Waals surface area (Å²) in [5.41, 5.74) is 6.37. The lowest BCUT2D eigenvalue weighted by Crippen LogP contribution is -2.34. The van der Waals surface area contributed by atoms with Crippen molar-refractivity contribution in [1.29, 1.82) is 0 Å². The van der Waals surface area contributed by atoms with Crippen LogP contribution in [0.2, 0.25) is 0 Å². The summed E-state index contributed by atoms with van der Waals surface area (Å²) in [6.45, 7) is 3.77. The highest BCUT2D eigenvalue weighted by Gasteiger charge is 2.19. The summed E-state index contributed by atoms with van der Waals surface area (Å²) in [6.07, 6.45) is 4.43. The van der Waals surface area contributed by atoms with E-state index in [1.54, 1.807) is 0 Å².